The van der Waals surface area contributed by atoms with Gasteiger partial charge in [0.25, 0.3) is 5.69 Å². The van der Waals surface area contributed by atoms with Gasteiger partial charge in [-0.3, -0.25) is 10.1 Å². The first kappa shape index (κ1) is 14.0. The van der Waals surface area contributed by atoms with E-state index in [9.17, 15) is 10.1 Å². The largest absolute Gasteiger partial charge is 0.384 e. The van der Waals surface area contributed by atoms with Gasteiger partial charge in [0.05, 0.1) is 4.92 Å². The van der Waals surface area contributed by atoms with Crippen molar-refractivity contribution < 1.29 is 4.92 Å². The van der Waals surface area contributed by atoms with Gasteiger partial charge < -0.3 is 5.32 Å². The van der Waals surface area contributed by atoms with E-state index in [1.165, 1.54) is 12.1 Å². The Labute approximate surface area is 107 Å². The highest BCUT2D eigenvalue weighted by Crippen LogP contribution is 2.24. The van der Waals surface area contributed by atoms with Gasteiger partial charge in [-0.05, 0) is 24.0 Å². The lowest BCUT2D eigenvalue weighted by Gasteiger charge is -2.23. The van der Waals surface area contributed by atoms with Crippen LogP contribution < -0.4 is 5.32 Å². The Balaban J connectivity index is 2.88. The number of rotatable bonds is 5. The Bertz CT molecular complexity index is 489. The molecule has 0 unspecified atom stereocenters. The van der Waals surface area contributed by atoms with Crippen molar-refractivity contribution in [2.24, 2.45) is 5.41 Å². The molecule has 0 saturated carbocycles. The lowest BCUT2D eigenvalue weighted by atomic mass is 9.90. The summed E-state index contributed by atoms with van der Waals surface area (Å²) in [6.45, 7) is 7.14. The van der Waals surface area contributed by atoms with Crippen LogP contribution in [0.4, 0.5) is 11.4 Å². The van der Waals surface area contributed by atoms with Gasteiger partial charge in [-0.15, -0.1) is 0 Å². The third-order valence-corrected chi connectivity index (χ3v) is 3.04. The molecule has 96 valence electrons. The summed E-state index contributed by atoms with van der Waals surface area (Å²) < 4.78 is 0. The molecule has 5 heteroatoms. The second-order valence-corrected chi connectivity index (χ2v) is 4.97. The maximum atomic E-state index is 10.7. The van der Waals surface area contributed by atoms with Gasteiger partial charge >= 0.3 is 0 Å². The smallest absolute Gasteiger partial charge is 0.287 e. The molecule has 1 rings (SSSR count). The molecule has 0 amide bonds. The van der Waals surface area contributed by atoms with Crippen molar-refractivity contribution in [3.8, 4) is 6.07 Å². The standard InChI is InChI=1S/C13H17N3O2/c1-4-13(2,3)9-15-11-5-6-12(16(17)18)10(7-11)8-14/h5-7,15H,4,9H2,1-3H3. The van der Waals surface area contributed by atoms with Crippen molar-refractivity contribution in [1.29, 1.82) is 5.26 Å². The molecule has 0 fully saturated rings. The quantitative estimate of drug-likeness (QED) is 0.639. The average Bonchev–Trinajstić information content (AvgIpc) is 2.36. The van der Waals surface area contributed by atoms with Crippen molar-refractivity contribution in [1.82, 2.24) is 0 Å². The first-order valence-corrected chi connectivity index (χ1v) is 5.82. The predicted octanol–water partition coefficient (Wildman–Crippen LogP) is 3.31. The second kappa shape index (κ2) is 5.50. The van der Waals surface area contributed by atoms with E-state index >= 15 is 0 Å². The van der Waals surface area contributed by atoms with Crippen LogP contribution in [0, 0.1) is 26.9 Å². The number of nitro benzene ring substituents is 1. The summed E-state index contributed by atoms with van der Waals surface area (Å²) in [4.78, 5) is 10.1. The van der Waals surface area contributed by atoms with Crippen LogP contribution in [0.1, 0.15) is 32.8 Å². The van der Waals surface area contributed by atoms with Crippen molar-refractivity contribution in [3.63, 3.8) is 0 Å². The fourth-order valence-corrected chi connectivity index (χ4v) is 1.36. The fourth-order valence-electron chi connectivity index (χ4n) is 1.36. The van der Waals surface area contributed by atoms with Crippen LogP contribution in [0.15, 0.2) is 18.2 Å². The molecule has 0 bridgehead atoms. The minimum absolute atomic E-state index is 0.0827. The summed E-state index contributed by atoms with van der Waals surface area (Å²) >= 11 is 0. The zero-order valence-corrected chi connectivity index (χ0v) is 10.9. The van der Waals surface area contributed by atoms with Gasteiger partial charge in [-0.2, -0.15) is 5.26 Å². The van der Waals surface area contributed by atoms with Crippen molar-refractivity contribution in [2.75, 3.05) is 11.9 Å². The number of nitrogens with zero attached hydrogens (tertiary/aromatic N) is 2. The zero-order valence-electron chi connectivity index (χ0n) is 10.9. The third kappa shape index (κ3) is 3.45. The molecular formula is C13H17N3O2. The molecule has 5 nitrogen and oxygen atoms in total. The van der Waals surface area contributed by atoms with Crippen LogP contribution in [0.2, 0.25) is 0 Å². The van der Waals surface area contributed by atoms with Crippen LogP contribution in [0.25, 0.3) is 0 Å². The van der Waals surface area contributed by atoms with E-state index in [0.717, 1.165) is 18.7 Å². The van der Waals surface area contributed by atoms with Gasteiger partial charge in [-0.1, -0.05) is 20.8 Å². The van der Waals surface area contributed by atoms with Gasteiger partial charge in [0.15, 0.2) is 0 Å². The summed E-state index contributed by atoms with van der Waals surface area (Å²) in [5.74, 6) is 0. The number of benzene rings is 1. The van der Waals surface area contributed by atoms with Crippen LogP contribution in [-0.4, -0.2) is 11.5 Å². The van der Waals surface area contributed by atoms with Gasteiger partial charge in [0, 0.05) is 18.3 Å². The molecule has 1 N–H and O–H groups in total. The first-order valence-electron chi connectivity index (χ1n) is 5.82. The van der Waals surface area contributed by atoms with E-state index in [2.05, 4.69) is 26.1 Å². The van der Waals surface area contributed by atoms with Gasteiger partial charge in [0.2, 0.25) is 0 Å². The number of hydrogen-bond donors (Lipinski definition) is 1. The maximum absolute atomic E-state index is 10.7. The van der Waals surface area contributed by atoms with Crippen LogP contribution in [0.3, 0.4) is 0 Å². The lowest BCUT2D eigenvalue weighted by molar-refractivity contribution is -0.385. The zero-order chi connectivity index (χ0) is 13.8. The molecule has 1 aromatic rings. The summed E-state index contributed by atoms with van der Waals surface area (Å²) in [7, 11) is 0. The topological polar surface area (TPSA) is 79.0 Å². The molecule has 0 aliphatic rings. The van der Waals surface area contributed by atoms with Crippen molar-refractivity contribution in [3.05, 3.63) is 33.9 Å². The van der Waals surface area contributed by atoms with Gasteiger partial charge in [-0.25, -0.2) is 0 Å². The molecule has 0 aromatic heterocycles. The highest BCUT2D eigenvalue weighted by atomic mass is 16.6. The Morgan fingerprint density at radius 1 is 1.50 bits per heavy atom. The summed E-state index contributed by atoms with van der Waals surface area (Å²) in [6, 6.07) is 6.36. The molecule has 0 aliphatic carbocycles. The minimum Gasteiger partial charge on any atom is -0.384 e. The van der Waals surface area contributed by atoms with E-state index in [4.69, 9.17) is 5.26 Å². The SMILES string of the molecule is CCC(C)(C)CNc1ccc([N+](=O)[O-])c(C#N)c1. The monoisotopic (exact) mass is 247 g/mol. The van der Waals surface area contributed by atoms with Crippen LogP contribution in [0.5, 0.6) is 0 Å². The van der Waals surface area contributed by atoms with Crippen molar-refractivity contribution in [2.45, 2.75) is 27.2 Å². The van der Waals surface area contributed by atoms with Crippen molar-refractivity contribution >= 4 is 11.4 Å². The van der Waals surface area contributed by atoms with Crippen LogP contribution in [-0.2, 0) is 0 Å². The van der Waals surface area contributed by atoms with E-state index < -0.39 is 4.92 Å². The average molecular weight is 247 g/mol. The predicted molar refractivity (Wildman–Crippen MR) is 70.4 cm³/mol. The minimum atomic E-state index is -0.543. The molecule has 0 saturated heterocycles. The normalized spacial score (nSPS) is 10.8. The Kier molecular flexibility index (Phi) is 4.27. The lowest BCUT2D eigenvalue weighted by Crippen LogP contribution is -2.22. The van der Waals surface area contributed by atoms with Crippen LogP contribution >= 0.6 is 0 Å². The highest BCUT2D eigenvalue weighted by Gasteiger charge is 2.16. The van der Waals surface area contributed by atoms with E-state index in [0.29, 0.717) is 0 Å². The molecule has 0 radical (unpaired) electrons. The second-order valence-electron chi connectivity index (χ2n) is 4.97. The van der Waals surface area contributed by atoms with E-state index in [1.54, 1.807) is 6.07 Å². The molecule has 0 spiro atoms. The summed E-state index contributed by atoms with van der Waals surface area (Å²) in [6.07, 6.45) is 1.03. The summed E-state index contributed by atoms with van der Waals surface area (Å²) in [5, 5.41) is 22.8. The molecule has 1 aromatic carbocycles. The molecule has 0 aliphatic heterocycles. The molecular weight excluding hydrogens is 230 g/mol. The Hall–Kier alpha value is -2.09. The Morgan fingerprint density at radius 3 is 2.67 bits per heavy atom. The van der Waals surface area contributed by atoms with E-state index in [1.807, 2.05) is 6.07 Å². The third-order valence-electron chi connectivity index (χ3n) is 3.04. The number of nitriles is 1. The molecule has 18 heavy (non-hydrogen) atoms. The first-order chi connectivity index (χ1) is 8.39. The summed E-state index contributed by atoms with van der Waals surface area (Å²) in [5.41, 5.74) is 0.810. The molecule has 0 atom stereocenters. The number of anilines is 1. The maximum Gasteiger partial charge on any atom is 0.287 e. The number of hydrogen-bond acceptors (Lipinski definition) is 4. The highest BCUT2D eigenvalue weighted by molar-refractivity contribution is 5.58. The Morgan fingerprint density at radius 2 is 2.17 bits per heavy atom. The number of nitrogens with one attached hydrogen (secondary N) is 1. The molecule has 0 heterocycles. The number of nitro groups is 1. The van der Waals surface area contributed by atoms with E-state index in [-0.39, 0.29) is 16.7 Å². The fraction of sp³-hybridized carbons (Fsp3) is 0.462. The van der Waals surface area contributed by atoms with Gasteiger partial charge in [0.1, 0.15) is 11.6 Å².